The number of rotatable bonds is 13. The van der Waals surface area contributed by atoms with Crippen LogP contribution in [0.15, 0.2) is 180 Å². The van der Waals surface area contributed by atoms with E-state index in [9.17, 15) is 99.1 Å². The highest BCUT2D eigenvalue weighted by molar-refractivity contribution is 7.71. The fourth-order valence-electron chi connectivity index (χ4n) is 13.6. The Kier molecular flexibility index (Phi) is 31.5. The Morgan fingerprint density at radius 3 is 1.23 bits per heavy atom. The molecule has 0 saturated heterocycles. The molecule has 0 atom stereocenters. The van der Waals surface area contributed by atoms with E-state index in [1.807, 2.05) is 0 Å². The number of aromatic carboxylic acids is 1. The van der Waals surface area contributed by atoms with Gasteiger partial charge in [-0.1, -0.05) is 0 Å². The van der Waals surface area contributed by atoms with Crippen LogP contribution in [0.3, 0.4) is 0 Å². The lowest BCUT2D eigenvalue weighted by Crippen LogP contribution is -2.07. The molecule has 0 saturated carbocycles. The van der Waals surface area contributed by atoms with Crippen molar-refractivity contribution in [2.24, 2.45) is 21.1 Å². The van der Waals surface area contributed by atoms with Crippen LogP contribution in [0.5, 0.6) is 17.2 Å². The second-order valence-corrected chi connectivity index (χ2v) is 32.0. The zero-order valence-corrected chi connectivity index (χ0v) is 76.4. The SMILES string of the molecule is CC(=O)c1ccc2c(c1)nc(Cc1nc3cc(F)c(C(F)(F)F)cc3o1)n2C.Cc1cc(O)c(N)cc1F.Cc1cc(O)c([N+](=O)[O-])cc1F.Cc1cc(O)ccc1F.Cc1cc2oc(=S)[nH]c2cc1F.Cc1cc2oc(Cl)nc2cc1F.Cn1c(Cc2nc3cc(F)c(C(F)(F)F)cc3o2)nc2cc(C(=O)CCCO)ccc21.Cn1c(Cc2nc3cc(F)c(C(F)(F)F)cc3o2)nc2cc(C(=O)O)ccc21. The minimum atomic E-state index is -4.84. The van der Waals surface area contributed by atoms with Crippen molar-refractivity contribution in [3.63, 3.8) is 0 Å². The molecule has 19 aromatic rings. The molecule has 8 aromatic heterocycles. The number of aromatic amines is 1. The van der Waals surface area contributed by atoms with Gasteiger partial charge in [0.1, 0.15) is 97.6 Å². The Hall–Kier alpha value is -16.1. The number of nitrogens with two attached hydrogens (primary N) is 1. The molecule has 11 aromatic carbocycles. The van der Waals surface area contributed by atoms with Crippen molar-refractivity contribution in [3.8, 4) is 17.2 Å². The highest BCUT2D eigenvalue weighted by atomic mass is 35.5. The third-order valence-corrected chi connectivity index (χ3v) is 21.5. The van der Waals surface area contributed by atoms with Crippen LogP contribution in [0, 0.1) is 96.1 Å². The quantitative estimate of drug-likeness (QED) is 0.0107. The van der Waals surface area contributed by atoms with E-state index < -0.39 is 86.6 Å². The molecule has 8 heterocycles. The van der Waals surface area contributed by atoms with E-state index in [1.54, 1.807) is 117 Å². The number of anilines is 1. The Morgan fingerprint density at radius 1 is 0.444 bits per heavy atom. The van der Waals surface area contributed by atoms with Crippen LogP contribution in [0.25, 0.3) is 88.6 Å². The number of H-pyrrole nitrogens is 1. The van der Waals surface area contributed by atoms with Gasteiger partial charge in [-0.25, -0.2) is 69.8 Å². The largest absolute Gasteiger partial charge is 0.508 e. The molecule has 142 heavy (non-hydrogen) atoms. The van der Waals surface area contributed by atoms with Gasteiger partial charge in [0.05, 0.1) is 96.8 Å². The zero-order chi connectivity index (χ0) is 104. The third kappa shape index (κ3) is 24.9. The number of hydrogen-bond donors (Lipinski definition) is 7. The number of phenols is 3. The number of alkyl halides is 9. The first-order valence-corrected chi connectivity index (χ1v) is 42.0. The van der Waals surface area contributed by atoms with Gasteiger partial charge in [0.2, 0.25) is 17.7 Å². The Morgan fingerprint density at radius 2 is 0.817 bits per heavy atom. The van der Waals surface area contributed by atoms with E-state index in [-0.39, 0.29) is 151 Å². The van der Waals surface area contributed by atoms with Crippen molar-refractivity contribution in [1.29, 1.82) is 0 Å². The van der Waals surface area contributed by atoms with E-state index in [0.29, 0.717) is 144 Å². The lowest BCUT2D eigenvalue weighted by molar-refractivity contribution is -0.386. The van der Waals surface area contributed by atoms with E-state index in [1.165, 1.54) is 62.4 Å². The molecule has 0 bridgehead atoms. The molecular formula is C95H73ClF17N13O15S. The normalized spacial score (nSPS) is 11.4. The van der Waals surface area contributed by atoms with Crippen molar-refractivity contribution in [2.45, 2.75) is 92.2 Å². The Bertz CT molecular complexity index is 7810. The lowest BCUT2D eigenvalue weighted by atomic mass is 10.1. The summed E-state index contributed by atoms with van der Waals surface area (Å²) in [5.41, 5.74) is 9.02. The summed E-state index contributed by atoms with van der Waals surface area (Å²) in [6, 6.07) is 32.5. The van der Waals surface area contributed by atoms with Crippen LogP contribution >= 0.6 is 23.8 Å². The zero-order valence-electron chi connectivity index (χ0n) is 74.8. The second-order valence-electron chi connectivity index (χ2n) is 31.3. The number of aryl methyl sites for hydroxylation is 8. The number of aliphatic hydroxyl groups excluding tert-OH is 1. The number of nitrogens with zero attached hydrogens (tertiary/aromatic N) is 11. The first-order chi connectivity index (χ1) is 66.6. The topological polar surface area (TPSA) is 408 Å². The van der Waals surface area contributed by atoms with Gasteiger partial charge >= 0.3 is 30.2 Å². The van der Waals surface area contributed by atoms with Gasteiger partial charge in [-0.3, -0.25) is 19.7 Å². The summed E-state index contributed by atoms with van der Waals surface area (Å²) in [5, 5.41) is 54.8. The number of nitrogen functional groups attached to an aromatic ring is 1. The third-order valence-electron chi connectivity index (χ3n) is 21.1. The molecule has 0 unspecified atom stereocenters. The highest BCUT2D eigenvalue weighted by Gasteiger charge is 2.38. The number of benzene rings is 11. The molecule has 19 rings (SSSR count). The van der Waals surface area contributed by atoms with E-state index in [4.69, 9.17) is 77.2 Å². The average molecular weight is 2030 g/mol. The first kappa shape index (κ1) is 105. The van der Waals surface area contributed by atoms with E-state index >= 15 is 0 Å². The number of aromatic nitrogens is 11. The molecule has 740 valence electrons. The smallest absolute Gasteiger partial charge is 0.419 e. The minimum absolute atomic E-state index is 0.00173. The fourth-order valence-corrected chi connectivity index (χ4v) is 14.0. The van der Waals surface area contributed by atoms with Crippen LogP contribution < -0.4 is 5.73 Å². The molecule has 47 heteroatoms. The maximum atomic E-state index is 13.8. The second kappa shape index (κ2) is 42.7. The lowest BCUT2D eigenvalue weighted by Gasteiger charge is -2.06. The van der Waals surface area contributed by atoms with Crippen LogP contribution in [-0.4, -0.2) is 108 Å². The minimum Gasteiger partial charge on any atom is -0.508 e. The summed E-state index contributed by atoms with van der Waals surface area (Å²) in [6.45, 7) is 9.31. The summed E-state index contributed by atoms with van der Waals surface area (Å²) in [4.78, 5) is 76.3. The standard InChI is InChI=1S/C21H17F4N3O3.C19H13F4N3O2.C18H11F4N3O3.C8H5ClFNO.C8H6FNOS.C7H6FNO3.C7H8FNO.C7H7FO/c1-28-16-5-4-11(17(30)3-2-6-29)7-14(16)26-19(28)10-20-27-15-9-13(22)12(21(23,24)25)8-18(15)31-20;1-9(27)10-3-4-15-13(5-10)24-17(26(15)2)8-18-25-14-7-12(20)11(19(21,22)23)6-16(14)28-18;1-25-13-3-2-8(17(26)27)4-11(13)23-15(25)7-16-24-12-6-10(19)9(18(20,21)22)5-14(12)28-16;1-4-2-7-6(3-5(4)10)11-8(9)12-7;1-4-2-7-6(3-5(4)9)10-8(12)11-7;1-4-2-7(10)6(9(11)12)3-5(4)8;1-4-2-7(10)6(9)3-5(4)8;1-5-4-6(9)2-3-7(5)8/h4-5,7-9,29H,2-3,6,10H2,1H3;3-7H,8H2,1-2H3;2-6H,7H2,1H3,(H,26,27);2-3H,1H3;2-3H,1H3,(H,10,12);2-3,10H,1H3;2-3,10H,9H2,1H3;2-4,9H,1H3. The number of oxazole rings is 5. The van der Waals surface area contributed by atoms with Gasteiger partial charge < -0.3 is 72.0 Å². The number of phenolic OH excluding ortho intramolecular Hbond substituents is 3. The number of hydrogen-bond acceptors (Lipinski definition) is 23. The predicted octanol–water partition coefficient (Wildman–Crippen LogP) is 24.1. The van der Waals surface area contributed by atoms with Crippen molar-refractivity contribution < 1.29 is 142 Å². The Labute approximate surface area is 796 Å². The van der Waals surface area contributed by atoms with E-state index in [0.717, 1.165) is 23.2 Å². The van der Waals surface area contributed by atoms with Gasteiger partial charge in [0.25, 0.3) is 10.2 Å². The summed E-state index contributed by atoms with van der Waals surface area (Å²) in [7, 11) is 5.22. The number of ketones is 2. The molecule has 0 amide bonds. The average Bonchev–Trinajstić information content (AvgIpc) is 1.63. The number of aromatic hydroxyl groups is 3. The predicted molar refractivity (Wildman–Crippen MR) is 484 cm³/mol. The van der Waals surface area contributed by atoms with Crippen LogP contribution in [0.1, 0.15) is 130 Å². The molecule has 0 aliphatic carbocycles. The molecule has 0 radical (unpaired) electrons. The van der Waals surface area contributed by atoms with Crippen molar-refractivity contribution in [1.82, 2.24) is 53.6 Å². The molecule has 0 spiro atoms. The van der Waals surface area contributed by atoms with Crippen LogP contribution in [0.4, 0.5) is 86.0 Å². The maximum absolute atomic E-state index is 13.8. The number of carboxylic acid groups (broad SMARTS) is 1. The number of carboxylic acids is 1. The fraction of sp³-hybridized carbons (Fsp3) is 0.189. The number of carbonyl (C=O) groups is 3. The summed E-state index contributed by atoms with van der Waals surface area (Å²) >= 11 is 10.2. The molecule has 0 aliphatic heterocycles. The molecule has 8 N–H and O–H groups in total. The van der Waals surface area contributed by atoms with Crippen LogP contribution in [-0.2, 0) is 58.9 Å². The van der Waals surface area contributed by atoms with Crippen molar-refractivity contribution in [3.05, 3.63) is 321 Å². The number of aliphatic hydroxyl groups is 1. The monoisotopic (exact) mass is 2030 g/mol. The van der Waals surface area contributed by atoms with E-state index in [2.05, 4.69) is 39.9 Å². The van der Waals surface area contributed by atoms with Gasteiger partial charge in [-0.2, -0.15) is 44.5 Å². The number of nitrogens with one attached hydrogen (secondary N) is 1. The summed E-state index contributed by atoms with van der Waals surface area (Å²) < 4.78 is 252. The first-order valence-electron chi connectivity index (χ1n) is 41.2. The molecule has 28 nitrogen and oxygen atoms in total. The number of fused-ring (bicyclic) bond motifs is 8. The molecular weight excluding hydrogens is 1950 g/mol. The number of nitro benzene ring substituents is 1. The van der Waals surface area contributed by atoms with Crippen molar-refractivity contribution in [2.75, 3.05) is 12.3 Å². The summed E-state index contributed by atoms with van der Waals surface area (Å²) in [5.74, 6) is -6.16. The number of halogens is 18. The summed E-state index contributed by atoms with van der Waals surface area (Å²) in [6.07, 6.45) is -13.7. The van der Waals surface area contributed by atoms with Gasteiger partial charge in [0, 0.05) is 81.7 Å². The highest BCUT2D eigenvalue weighted by Crippen LogP contribution is 2.40. The van der Waals surface area contributed by atoms with Gasteiger partial charge in [-0.15, -0.1) is 0 Å². The number of carbonyl (C=O) groups excluding carboxylic acids is 2. The van der Waals surface area contributed by atoms with Crippen molar-refractivity contribution >= 4 is 141 Å². The maximum Gasteiger partial charge on any atom is 0.419 e. The molecule has 0 fully saturated rings. The van der Waals surface area contributed by atoms with Gasteiger partial charge in [0.15, 0.2) is 45.2 Å². The number of imidazole rings is 3. The van der Waals surface area contributed by atoms with Crippen LogP contribution in [0.2, 0.25) is 5.35 Å². The number of Topliss-reactive ketones (excluding diaryl/α,β-unsaturated/α-hetero) is 2. The van der Waals surface area contributed by atoms with Gasteiger partial charge in [-0.05, 0) is 215 Å². The molecule has 0 aliphatic rings. The number of nitro groups is 1. The Balaban J connectivity index is 0.000000151.